The molecule has 0 radical (unpaired) electrons. The summed E-state index contributed by atoms with van der Waals surface area (Å²) in [7, 11) is 0. The molecule has 2 heterocycles. The third-order valence-electron chi connectivity index (χ3n) is 5.05. The third-order valence-corrected chi connectivity index (χ3v) is 6.30. The predicted octanol–water partition coefficient (Wildman–Crippen LogP) is 5.59. The Bertz CT molecular complexity index is 951. The highest BCUT2D eigenvalue weighted by Gasteiger charge is 2.27. The van der Waals surface area contributed by atoms with Gasteiger partial charge in [0.05, 0.1) is 5.56 Å². The molecule has 2 amide bonds. The summed E-state index contributed by atoms with van der Waals surface area (Å²) in [5.41, 5.74) is 2.93. The van der Waals surface area contributed by atoms with Crippen molar-refractivity contribution in [3.63, 3.8) is 0 Å². The molecule has 0 bridgehead atoms. The standard InChI is InChI=1S/C24H26N2O2S/c1-4-12-18(5-2)22(27)25-23-20(24(28)26-15-10-7-11-16-26)17(3)21(29-23)19-13-8-6-9-14-19/h4-6,8-9,12-14H,1-2,7,10-11,15-16H2,3H3,(H,25,27)/b18-12+. The molecule has 1 saturated heterocycles. The van der Waals surface area contributed by atoms with Gasteiger partial charge in [-0.05, 0) is 37.3 Å². The van der Waals surface area contributed by atoms with E-state index in [2.05, 4.69) is 18.5 Å². The average molecular weight is 407 g/mol. The van der Waals surface area contributed by atoms with Crippen molar-refractivity contribution in [2.45, 2.75) is 26.2 Å². The van der Waals surface area contributed by atoms with Gasteiger partial charge in [0.25, 0.3) is 11.8 Å². The van der Waals surface area contributed by atoms with Crippen molar-refractivity contribution in [3.8, 4) is 10.4 Å². The second kappa shape index (κ2) is 9.52. The summed E-state index contributed by atoms with van der Waals surface area (Å²) in [4.78, 5) is 29.0. The molecule has 1 N–H and O–H groups in total. The van der Waals surface area contributed by atoms with Gasteiger partial charge in [0.1, 0.15) is 5.00 Å². The Morgan fingerprint density at radius 2 is 1.79 bits per heavy atom. The Labute approximate surface area is 176 Å². The molecule has 0 atom stereocenters. The van der Waals surface area contributed by atoms with Gasteiger partial charge < -0.3 is 10.2 Å². The summed E-state index contributed by atoms with van der Waals surface area (Å²) < 4.78 is 0. The number of carbonyl (C=O) groups is 2. The number of benzene rings is 1. The van der Waals surface area contributed by atoms with Crippen LogP contribution in [-0.2, 0) is 4.79 Å². The van der Waals surface area contributed by atoms with Gasteiger partial charge in [-0.3, -0.25) is 9.59 Å². The van der Waals surface area contributed by atoms with Gasteiger partial charge in [-0.1, -0.05) is 61.7 Å². The van der Waals surface area contributed by atoms with Gasteiger partial charge >= 0.3 is 0 Å². The Balaban J connectivity index is 2.04. The number of allylic oxidation sites excluding steroid dienone is 2. The largest absolute Gasteiger partial charge is 0.339 e. The zero-order chi connectivity index (χ0) is 20.8. The second-order valence-electron chi connectivity index (χ2n) is 7.00. The first kappa shape index (κ1) is 20.8. The van der Waals surface area contributed by atoms with E-state index < -0.39 is 0 Å². The van der Waals surface area contributed by atoms with Crippen molar-refractivity contribution < 1.29 is 9.59 Å². The van der Waals surface area contributed by atoms with Crippen LogP contribution in [0.5, 0.6) is 0 Å². The smallest absolute Gasteiger partial charge is 0.257 e. The number of hydrogen-bond donors (Lipinski definition) is 1. The third kappa shape index (κ3) is 4.57. The summed E-state index contributed by atoms with van der Waals surface area (Å²) >= 11 is 1.44. The van der Waals surface area contributed by atoms with E-state index in [9.17, 15) is 9.59 Å². The first-order valence-corrected chi connectivity index (χ1v) is 10.6. The van der Waals surface area contributed by atoms with Crippen molar-refractivity contribution in [1.29, 1.82) is 0 Å². The fraction of sp³-hybridized carbons (Fsp3) is 0.250. The molecule has 0 unspecified atom stereocenters. The molecule has 150 valence electrons. The molecule has 1 fully saturated rings. The van der Waals surface area contributed by atoms with E-state index >= 15 is 0 Å². The molecule has 5 heteroatoms. The van der Waals surface area contributed by atoms with E-state index in [1.54, 1.807) is 12.2 Å². The zero-order valence-electron chi connectivity index (χ0n) is 16.7. The molecule has 1 aromatic carbocycles. The van der Waals surface area contributed by atoms with Gasteiger partial charge in [-0.25, -0.2) is 0 Å². The first-order chi connectivity index (χ1) is 14.1. The van der Waals surface area contributed by atoms with E-state index in [-0.39, 0.29) is 11.8 Å². The lowest BCUT2D eigenvalue weighted by molar-refractivity contribution is -0.112. The minimum Gasteiger partial charge on any atom is -0.339 e. The Kier molecular flexibility index (Phi) is 6.83. The Morgan fingerprint density at radius 3 is 2.41 bits per heavy atom. The van der Waals surface area contributed by atoms with Gasteiger partial charge in [0, 0.05) is 23.5 Å². The number of carbonyl (C=O) groups excluding carboxylic acids is 2. The molecule has 3 rings (SSSR count). The molecular formula is C24H26N2O2S. The number of nitrogens with one attached hydrogen (secondary N) is 1. The van der Waals surface area contributed by atoms with Crippen LogP contribution < -0.4 is 5.32 Å². The number of thiophene rings is 1. The van der Waals surface area contributed by atoms with Crippen LogP contribution >= 0.6 is 11.3 Å². The molecule has 1 aliphatic heterocycles. The summed E-state index contributed by atoms with van der Waals surface area (Å²) in [6, 6.07) is 9.95. The monoisotopic (exact) mass is 406 g/mol. The molecule has 29 heavy (non-hydrogen) atoms. The molecule has 1 aromatic heterocycles. The van der Waals surface area contributed by atoms with Gasteiger partial charge in [-0.2, -0.15) is 0 Å². The SMILES string of the molecule is C=C/C=C(\C=C)C(=O)Nc1sc(-c2ccccc2)c(C)c1C(=O)N1CCCCC1. The quantitative estimate of drug-likeness (QED) is 0.502. The van der Waals surface area contributed by atoms with Crippen molar-refractivity contribution in [2.24, 2.45) is 0 Å². The summed E-state index contributed by atoms with van der Waals surface area (Å²) in [6.07, 6.45) is 7.83. The minimum atomic E-state index is -0.298. The van der Waals surface area contributed by atoms with Crippen LogP contribution in [0.1, 0.15) is 35.2 Å². The van der Waals surface area contributed by atoms with Crippen LogP contribution in [0.25, 0.3) is 10.4 Å². The van der Waals surface area contributed by atoms with Crippen LogP contribution in [0.3, 0.4) is 0 Å². The van der Waals surface area contributed by atoms with E-state index in [1.807, 2.05) is 42.2 Å². The van der Waals surface area contributed by atoms with Crippen molar-refractivity contribution in [1.82, 2.24) is 4.90 Å². The highest BCUT2D eigenvalue weighted by atomic mass is 32.1. The highest BCUT2D eigenvalue weighted by molar-refractivity contribution is 7.20. The van der Waals surface area contributed by atoms with E-state index in [4.69, 9.17) is 0 Å². The first-order valence-electron chi connectivity index (χ1n) is 9.81. The van der Waals surface area contributed by atoms with E-state index in [0.29, 0.717) is 16.1 Å². The molecule has 0 spiro atoms. The summed E-state index contributed by atoms with van der Waals surface area (Å²) in [5.74, 6) is -0.308. The second-order valence-corrected chi connectivity index (χ2v) is 8.02. The lowest BCUT2D eigenvalue weighted by Gasteiger charge is -2.27. The van der Waals surface area contributed by atoms with Crippen LogP contribution in [-0.4, -0.2) is 29.8 Å². The summed E-state index contributed by atoms with van der Waals surface area (Å²) in [5, 5.41) is 3.52. The number of amides is 2. The minimum absolute atomic E-state index is 0.0104. The number of nitrogens with zero attached hydrogens (tertiary/aromatic N) is 1. The lowest BCUT2D eigenvalue weighted by atomic mass is 10.0. The van der Waals surface area contributed by atoms with Crippen LogP contribution in [0.15, 0.2) is 67.3 Å². The number of likely N-dealkylation sites (tertiary alicyclic amines) is 1. The number of rotatable bonds is 6. The zero-order valence-corrected chi connectivity index (χ0v) is 17.6. The molecule has 0 aliphatic carbocycles. The predicted molar refractivity (Wildman–Crippen MR) is 121 cm³/mol. The fourth-order valence-electron chi connectivity index (χ4n) is 3.52. The highest BCUT2D eigenvalue weighted by Crippen LogP contribution is 2.41. The summed E-state index contributed by atoms with van der Waals surface area (Å²) in [6.45, 7) is 10.8. The van der Waals surface area contributed by atoms with Gasteiger partial charge in [0.2, 0.25) is 0 Å². The van der Waals surface area contributed by atoms with Crippen LogP contribution in [0.2, 0.25) is 0 Å². The molecule has 2 aromatic rings. The molecular weight excluding hydrogens is 380 g/mol. The molecule has 4 nitrogen and oxygen atoms in total. The Morgan fingerprint density at radius 1 is 1.10 bits per heavy atom. The van der Waals surface area contributed by atoms with Gasteiger partial charge in [-0.15, -0.1) is 11.3 Å². The van der Waals surface area contributed by atoms with E-state index in [1.165, 1.54) is 17.4 Å². The Hall–Kier alpha value is -2.92. The van der Waals surface area contributed by atoms with Crippen molar-refractivity contribution >= 4 is 28.2 Å². The van der Waals surface area contributed by atoms with Gasteiger partial charge in [0.15, 0.2) is 0 Å². The topological polar surface area (TPSA) is 49.4 Å². The molecule has 1 aliphatic rings. The lowest BCUT2D eigenvalue weighted by Crippen LogP contribution is -2.36. The van der Waals surface area contributed by atoms with Crippen molar-refractivity contribution in [2.75, 3.05) is 18.4 Å². The normalized spacial score (nSPS) is 14.4. The number of hydrogen-bond acceptors (Lipinski definition) is 3. The van der Waals surface area contributed by atoms with Crippen LogP contribution in [0, 0.1) is 6.92 Å². The number of anilines is 1. The fourth-order valence-corrected chi connectivity index (χ4v) is 4.72. The maximum atomic E-state index is 13.4. The van der Waals surface area contributed by atoms with E-state index in [0.717, 1.165) is 48.4 Å². The maximum Gasteiger partial charge on any atom is 0.257 e. The maximum absolute atomic E-state index is 13.4. The number of piperidine rings is 1. The van der Waals surface area contributed by atoms with Crippen molar-refractivity contribution in [3.05, 3.63) is 78.4 Å². The average Bonchev–Trinajstić information content (AvgIpc) is 3.08. The molecule has 0 saturated carbocycles. The van der Waals surface area contributed by atoms with Crippen LogP contribution in [0.4, 0.5) is 5.00 Å².